The highest BCUT2D eigenvalue weighted by atomic mass is 32.1. The average Bonchev–Trinajstić information content (AvgIpc) is 3.27. The van der Waals surface area contributed by atoms with Crippen molar-refractivity contribution in [2.75, 3.05) is 12.4 Å². The van der Waals surface area contributed by atoms with Crippen LogP contribution in [-0.4, -0.2) is 18.2 Å². The van der Waals surface area contributed by atoms with Crippen LogP contribution >= 0.6 is 23.6 Å². The molecule has 5 nitrogen and oxygen atoms in total. The Kier molecular flexibility index (Phi) is 5.70. The molecule has 26 heavy (non-hydrogen) atoms. The number of ether oxygens (including phenoxy) is 1. The van der Waals surface area contributed by atoms with Gasteiger partial charge in [-0.25, -0.2) is 4.79 Å². The first kappa shape index (κ1) is 18.2. The van der Waals surface area contributed by atoms with Crippen molar-refractivity contribution in [1.29, 1.82) is 0 Å². The SMILES string of the molecule is COC(=O)c1c(NC(=S)NCc2ccco2)sc(C)c1-c1ccccc1. The second kappa shape index (κ2) is 8.16. The number of esters is 1. The van der Waals surface area contributed by atoms with E-state index >= 15 is 0 Å². The predicted molar refractivity (Wildman–Crippen MR) is 108 cm³/mol. The van der Waals surface area contributed by atoms with Crippen molar-refractivity contribution in [1.82, 2.24) is 5.32 Å². The summed E-state index contributed by atoms with van der Waals surface area (Å²) in [6.07, 6.45) is 1.61. The minimum absolute atomic E-state index is 0.399. The molecule has 2 heterocycles. The summed E-state index contributed by atoms with van der Waals surface area (Å²) in [7, 11) is 1.38. The Hall–Kier alpha value is -2.64. The molecule has 0 spiro atoms. The number of carbonyl (C=O) groups is 1. The summed E-state index contributed by atoms with van der Waals surface area (Å²) in [4.78, 5) is 13.4. The first-order valence-corrected chi connectivity index (χ1v) is 9.17. The number of aryl methyl sites for hydroxylation is 1. The van der Waals surface area contributed by atoms with Gasteiger partial charge in [0.2, 0.25) is 0 Å². The Balaban J connectivity index is 1.87. The maximum Gasteiger partial charge on any atom is 0.341 e. The van der Waals surface area contributed by atoms with Gasteiger partial charge in [-0.15, -0.1) is 11.3 Å². The molecule has 0 atom stereocenters. The molecular weight excluding hydrogens is 368 g/mol. The highest BCUT2D eigenvalue weighted by molar-refractivity contribution is 7.80. The van der Waals surface area contributed by atoms with Crippen LogP contribution in [0.15, 0.2) is 53.1 Å². The molecule has 0 unspecified atom stereocenters. The van der Waals surface area contributed by atoms with E-state index < -0.39 is 5.97 Å². The molecule has 0 aliphatic carbocycles. The molecule has 0 aliphatic rings. The van der Waals surface area contributed by atoms with Gasteiger partial charge in [0.05, 0.1) is 19.9 Å². The van der Waals surface area contributed by atoms with E-state index in [1.54, 1.807) is 6.26 Å². The van der Waals surface area contributed by atoms with Gasteiger partial charge in [0, 0.05) is 10.4 Å². The highest BCUT2D eigenvalue weighted by Crippen LogP contribution is 2.40. The van der Waals surface area contributed by atoms with E-state index in [0.717, 1.165) is 21.8 Å². The molecule has 0 radical (unpaired) electrons. The molecule has 2 aromatic heterocycles. The fourth-order valence-electron chi connectivity index (χ4n) is 2.61. The first-order chi connectivity index (χ1) is 12.6. The third-order valence-electron chi connectivity index (χ3n) is 3.77. The number of anilines is 1. The second-order valence-electron chi connectivity index (χ2n) is 5.48. The van der Waals surface area contributed by atoms with E-state index in [-0.39, 0.29) is 0 Å². The van der Waals surface area contributed by atoms with Gasteiger partial charge >= 0.3 is 5.97 Å². The summed E-state index contributed by atoms with van der Waals surface area (Å²) in [6, 6.07) is 13.4. The lowest BCUT2D eigenvalue weighted by Gasteiger charge is -2.10. The van der Waals surface area contributed by atoms with Crippen molar-refractivity contribution in [3.05, 3.63) is 64.9 Å². The smallest absolute Gasteiger partial charge is 0.341 e. The molecule has 0 aliphatic heterocycles. The van der Waals surface area contributed by atoms with Gasteiger partial charge in [0.1, 0.15) is 16.3 Å². The van der Waals surface area contributed by atoms with Crippen LogP contribution in [-0.2, 0) is 11.3 Å². The number of furan rings is 1. The number of thiophene rings is 1. The molecule has 7 heteroatoms. The van der Waals surface area contributed by atoms with Crippen LogP contribution < -0.4 is 10.6 Å². The Labute approximate surface area is 161 Å². The third kappa shape index (κ3) is 3.95. The molecule has 134 valence electrons. The van der Waals surface area contributed by atoms with Crippen molar-refractivity contribution in [2.45, 2.75) is 13.5 Å². The van der Waals surface area contributed by atoms with Crippen LogP contribution in [0.3, 0.4) is 0 Å². The Morgan fingerprint density at radius 2 is 2.00 bits per heavy atom. The second-order valence-corrected chi connectivity index (χ2v) is 7.12. The van der Waals surface area contributed by atoms with Gasteiger partial charge in [0.15, 0.2) is 5.11 Å². The van der Waals surface area contributed by atoms with Crippen molar-refractivity contribution < 1.29 is 13.9 Å². The zero-order valence-corrected chi connectivity index (χ0v) is 16.0. The maximum absolute atomic E-state index is 12.4. The molecule has 2 N–H and O–H groups in total. The molecular formula is C19H18N2O3S2. The Bertz CT molecular complexity index is 903. The average molecular weight is 386 g/mol. The maximum atomic E-state index is 12.4. The molecule has 3 aromatic rings. The molecule has 0 saturated carbocycles. The number of hydrogen-bond acceptors (Lipinski definition) is 5. The zero-order chi connectivity index (χ0) is 18.5. The Morgan fingerprint density at radius 3 is 2.65 bits per heavy atom. The topological polar surface area (TPSA) is 63.5 Å². The van der Waals surface area contributed by atoms with Gasteiger partial charge in [-0.3, -0.25) is 0 Å². The normalized spacial score (nSPS) is 10.4. The van der Waals surface area contributed by atoms with Gasteiger partial charge in [0.25, 0.3) is 0 Å². The highest BCUT2D eigenvalue weighted by Gasteiger charge is 2.24. The lowest BCUT2D eigenvalue weighted by Crippen LogP contribution is -2.28. The monoisotopic (exact) mass is 386 g/mol. The van der Waals surface area contributed by atoms with Crippen molar-refractivity contribution in [2.24, 2.45) is 0 Å². The lowest BCUT2D eigenvalue weighted by atomic mass is 10.0. The summed E-state index contributed by atoms with van der Waals surface area (Å²) in [5.41, 5.74) is 2.31. The van der Waals surface area contributed by atoms with Gasteiger partial charge in [-0.2, -0.15) is 0 Å². The van der Waals surface area contributed by atoms with Crippen molar-refractivity contribution in [3.63, 3.8) is 0 Å². The van der Waals surface area contributed by atoms with E-state index in [1.165, 1.54) is 18.4 Å². The van der Waals surface area contributed by atoms with E-state index in [1.807, 2.05) is 49.4 Å². The van der Waals surface area contributed by atoms with Crippen LogP contribution in [0.25, 0.3) is 11.1 Å². The molecule has 0 amide bonds. The summed E-state index contributed by atoms with van der Waals surface area (Å²) in [5, 5.41) is 7.25. The van der Waals surface area contributed by atoms with E-state index in [4.69, 9.17) is 21.4 Å². The largest absolute Gasteiger partial charge is 0.467 e. The number of nitrogens with one attached hydrogen (secondary N) is 2. The van der Waals surface area contributed by atoms with Crippen LogP contribution in [0, 0.1) is 6.92 Å². The predicted octanol–water partition coefficient (Wildman–Crippen LogP) is 4.59. The number of thiocarbonyl (C=S) groups is 1. The van der Waals surface area contributed by atoms with Crippen LogP contribution in [0.1, 0.15) is 21.0 Å². The van der Waals surface area contributed by atoms with E-state index in [0.29, 0.717) is 22.2 Å². The number of carbonyl (C=O) groups excluding carboxylic acids is 1. The fourth-order valence-corrected chi connectivity index (χ4v) is 3.92. The quantitative estimate of drug-likeness (QED) is 0.494. The van der Waals surface area contributed by atoms with Crippen LogP contribution in [0.5, 0.6) is 0 Å². The Morgan fingerprint density at radius 1 is 1.23 bits per heavy atom. The van der Waals surface area contributed by atoms with Crippen LogP contribution in [0.2, 0.25) is 0 Å². The van der Waals surface area contributed by atoms with Crippen molar-refractivity contribution >= 4 is 39.6 Å². The standard InChI is InChI=1S/C19H18N2O3S2/c1-12-15(13-7-4-3-5-8-13)16(18(22)23-2)17(26-12)21-19(25)20-11-14-9-6-10-24-14/h3-10H,11H2,1-2H3,(H2,20,21,25). The van der Waals surface area contributed by atoms with Crippen LogP contribution in [0.4, 0.5) is 5.00 Å². The van der Waals surface area contributed by atoms with E-state index in [2.05, 4.69) is 10.6 Å². The lowest BCUT2D eigenvalue weighted by molar-refractivity contribution is 0.0603. The summed E-state index contributed by atoms with van der Waals surface area (Å²) in [6.45, 7) is 2.44. The summed E-state index contributed by atoms with van der Waals surface area (Å²) >= 11 is 6.82. The van der Waals surface area contributed by atoms with Crippen molar-refractivity contribution in [3.8, 4) is 11.1 Å². The number of benzene rings is 1. The summed E-state index contributed by atoms with van der Waals surface area (Å²) < 4.78 is 10.3. The minimum atomic E-state index is -0.399. The fraction of sp³-hybridized carbons (Fsp3) is 0.158. The summed E-state index contributed by atoms with van der Waals surface area (Å²) in [5.74, 6) is 0.374. The molecule has 0 fully saturated rings. The van der Waals surface area contributed by atoms with Gasteiger partial charge in [-0.1, -0.05) is 30.3 Å². The number of rotatable bonds is 5. The van der Waals surface area contributed by atoms with Gasteiger partial charge < -0.3 is 19.8 Å². The minimum Gasteiger partial charge on any atom is -0.467 e. The molecule has 1 aromatic carbocycles. The first-order valence-electron chi connectivity index (χ1n) is 7.94. The van der Waals surface area contributed by atoms with E-state index in [9.17, 15) is 4.79 Å². The molecule has 0 saturated heterocycles. The number of methoxy groups -OCH3 is 1. The zero-order valence-electron chi connectivity index (χ0n) is 14.4. The molecule has 3 rings (SSSR count). The molecule has 0 bridgehead atoms. The number of hydrogen-bond donors (Lipinski definition) is 2. The third-order valence-corrected chi connectivity index (χ3v) is 5.03. The van der Waals surface area contributed by atoms with Gasteiger partial charge in [-0.05, 0) is 36.8 Å².